The summed E-state index contributed by atoms with van der Waals surface area (Å²) >= 11 is 0. The molecule has 0 radical (unpaired) electrons. The van der Waals surface area contributed by atoms with Crippen LogP contribution < -0.4 is 11.1 Å². The van der Waals surface area contributed by atoms with Gasteiger partial charge in [0.25, 0.3) is 0 Å². The Labute approximate surface area is 126 Å². The summed E-state index contributed by atoms with van der Waals surface area (Å²) in [4.78, 5) is 15.5. The van der Waals surface area contributed by atoms with E-state index in [1.54, 1.807) is 30.3 Å². The van der Waals surface area contributed by atoms with Crippen LogP contribution in [0, 0.1) is 12.7 Å². The Balaban J connectivity index is 2.02. The zero-order chi connectivity index (χ0) is 15.7. The van der Waals surface area contributed by atoms with Crippen LogP contribution in [-0.4, -0.2) is 10.9 Å². The summed E-state index contributed by atoms with van der Waals surface area (Å²) in [5, 5.41) is 3.92. The third-order valence-electron chi connectivity index (χ3n) is 3.35. The molecule has 0 spiro atoms. The number of nitrogens with one attached hydrogen (secondary N) is 1. The number of anilines is 2. The molecule has 1 amide bonds. The number of benzene rings is 2. The van der Waals surface area contributed by atoms with E-state index in [-0.39, 0.29) is 5.82 Å². The smallest absolute Gasteiger partial charge is 0.248 e. The van der Waals surface area contributed by atoms with Crippen LogP contribution in [0.25, 0.3) is 10.9 Å². The molecule has 3 rings (SSSR count). The highest BCUT2D eigenvalue weighted by Gasteiger charge is 2.07. The summed E-state index contributed by atoms with van der Waals surface area (Å²) in [7, 11) is 0. The van der Waals surface area contributed by atoms with Gasteiger partial charge in [-0.25, -0.2) is 4.39 Å². The first-order valence-electron chi connectivity index (χ1n) is 6.77. The second-order valence-corrected chi connectivity index (χ2v) is 5.04. The number of hydrogen-bond donors (Lipinski definition) is 2. The highest BCUT2D eigenvalue weighted by molar-refractivity contribution is 5.95. The summed E-state index contributed by atoms with van der Waals surface area (Å²) in [5.74, 6) is -0.788. The summed E-state index contributed by atoms with van der Waals surface area (Å²) in [6, 6.07) is 13.1. The summed E-state index contributed by atoms with van der Waals surface area (Å²) < 4.78 is 13.5. The van der Waals surface area contributed by atoms with Crippen LogP contribution in [0.1, 0.15) is 16.1 Å². The lowest BCUT2D eigenvalue weighted by molar-refractivity contribution is 0.100. The fourth-order valence-corrected chi connectivity index (χ4v) is 2.31. The van der Waals surface area contributed by atoms with E-state index < -0.39 is 5.91 Å². The van der Waals surface area contributed by atoms with Gasteiger partial charge in [0.05, 0.1) is 5.52 Å². The molecule has 3 N–H and O–H groups in total. The van der Waals surface area contributed by atoms with E-state index in [0.29, 0.717) is 10.9 Å². The first-order chi connectivity index (χ1) is 10.5. The van der Waals surface area contributed by atoms with Crippen molar-refractivity contribution in [2.45, 2.75) is 6.92 Å². The maximum atomic E-state index is 13.5. The SMILES string of the molecule is Cc1cc(Nc2ccc(C(N)=O)cc2)c2cc(F)ccc2n1. The fourth-order valence-electron chi connectivity index (χ4n) is 2.31. The number of aryl methyl sites for hydroxylation is 1. The topological polar surface area (TPSA) is 68.0 Å². The second-order valence-electron chi connectivity index (χ2n) is 5.04. The summed E-state index contributed by atoms with van der Waals surface area (Å²) in [6.45, 7) is 1.88. The van der Waals surface area contributed by atoms with Crippen molar-refractivity contribution >= 4 is 28.2 Å². The minimum atomic E-state index is -0.473. The van der Waals surface area contributed by atoms with Crippen LogP contribution >= 0.6 is 0 Å². The van der Waals surface area contributed by atoms with E-state index >= 15 is 0 Å². The molecule has 0 aliphatic rings. The first kappa shape index (κ1) is 14.0. The number of fused-ring (bicyclic) bond motifs is 1. The number of halogens is 1. The van der Waals surface area contributed by atoms with Gasteiger partial charge in [-0.15, -0.1) is 0 Å². The average Bonchev–Trinajstić information content (AvgIpc) is 2.48. The van der Waals surface area contributed by atoms with Gasteiger partial charge in [0, 0.05) is 28.0 Å². The molecule has 1 aromatic heterocycles. The highest BCUT2D eigenvalue weighted by Crippen LogP contribution is 2.27. The number of rotatable bonds is 3. The Morgan fingerprint density at radius 1 is 1.14 bits per heavy atom. The molecule has 1 heterocycles. The minimum Gasteiger partial charge on any atom is -0.366 e. The van der Waals surface area contributed by atoms with Crippen LogP contribution in [0.2, 0.25) is 0 Å². The predicted molar refractivity (Wildman–Crippen MR) is 84.7 cm³/mol. The fraction of sp³-hybridized carbons (Fsp3) is 0.0588. The Hall–Kier alpha value is -2.95. The van der Waals surface area contributed by atoms with E-state index in [1.807, 2.05) is 13.0 Å². The molecular formula is C17H14FN3O. The Morgan fingerprint density at radius 3 is 2.55 bits per heavy atom. The van der Waals surface area contributed by atoms with Crippen molar-refractivity contribution < 1.29 is 9.18 Å². The van der Waals surface area contributed by atoms with Crippen LogP contribution in [-0.2, 0) is 0 Å². The third-order valence-corrected chi connectivity index (χ3v) is 3.35. The van der Waals surface area contributed by atoms with Crippen molar-refractivity contribution in [3.63, 3.8) is 0 Å². The molecule has 0 bridgehead atoms. The van der Waals surface area contributed by atoms with Crippen molar-refractivity contribution in [2.75, 3.05) is 5.32 Å². The number of hydrogen-bond acceptors (Lipinski definition) is 3. The zero-order valence-electron chi connectivity index (χ0n) is 11.9. The Bertz CT molecular complexity index is 860. The van der Waals surface area contributed by atoms with E-state index in [2.05, 4.69) is 10.3 Å². The van der Waals surface area contributed by atoms with Gasteiger partial charge in [0.1, 0.15) is 5.82 Å². The van der Waals surface area contributed by atoms with Crippen molar-refractivity contribution in [2.24, 2.45) is 5.73 Å². The number of primary amides is 1. The maximum absolute atomic E-state index is 13.5. The Kier molecular flexibility index (Phi) is 3.47. The van der Waals surface area contributed by atoms with Gasteiger partial charge in [-0.3, -0.25) is 9.78 Å². The van der Waals surface area contributed by atoms with Gasteiger partial charge in [-0.2, -0.15) is 0 Å². The molecule has 0 saturated carbocycles. The second kappa shape index (κ2) is 5.44. The molecule has 5 heteroatoms. The van der Waals surface area contributed by atoms with Gasteiger partial charge in [-0.1, -0.05) is 0 Å². The molecular weight excluding hydrogens is 281 g/mol. The van der Waals surface area contributed by atoms with Gasteiger partial charge < -0.3 is 11.1 Å². The molecule has 0 aliphatic carbocycles. The standard InChI is InChI=1S/C17H14FN3O/c1-10-8-16(14-9-12(18)4-7-15(14)20-10)21-13-5-2-11(3-6-13)17(19)22/h2-9H,1H3,(H2,19,22)(H,20,21). The molecule has 0 atom stereocenters. The third kappa shape index (κ3) is 2.74. The molecule has 110 valence electrons. The van der Waals surface area contributed by atoms with Crippen molar-refractivity contribution in [3.8, 4) is 0 Å². The number of amides is 1. The van der Waals surface area contributed by atoms with Crippen LogP contribution in [0.4, 0.5) is 15.8 Å². The molecule has 3 aromatic rings. The summed E-state index contributed by atoms with van der Waals surface area (Å²) in [5.41, 5.74) is 8.74. The number of nitrogens with two attached hydrogens (primary N) is 1. The van der Waals surface area contributed by atoms with Crippen molar-refractivity contribution in [3.05, 3.63) is 65.6 Å². The van der Waals surface area contributed by atoms with Gasteiger partial charge >= 0.3 is 0 Å². The molecule has 4 nitrogen and oxygen atoms in total. The van der Waals surface area contributed by atoms with Gasteiger partial charge in [-0.05, 0) is 55.5 Å². The lowest BCUT2D eigenvalue weighted by Gasteiger charge is -2.11. The number of carbonyl (C=O) groups is 1. The van der Waals surface area contributed by atoms with Gasteiger partial charge in [0.2, 0.25) is 5.91 Å². The van der Waals surface area contributed by atoms with E-state index in [9.17, 15) is 9.18 Å². The molecule has 0 unspecified atom stereocenters. The number of nitrogens with zero attached hydrogens (tertiary/aromatic N) is 1. The number of pyridine rings is 1. The number of aromatic nitrogens is 1. The molecule has 0 fully saturated rings. The highest BCUT2D eigenvalue weighted by atomic mass is 19.1. The minimum absolute atomic E-state index is 0.315. The van der Waals surface area contributed by atoms with E-state index in [4.69, 9.17) is 5.73 Å². The summed E-state index contributed by atoms with van der Waals surface area (Å²) in [6.07, 6.45) is 0. The van der Waals surface area contributed by atoms with Crippen LogP contribution in [0.15, 0.2) is 48.5 Å². The van der Waals surface area contributed by atoms with Crippen LogP contribution in [0.5, 0.6) is 0 Å². The largest absolute Gasteiger partial charge is 0.366 e. The predicted octanol–water partition coefficient (Wildman–Crippen LogP) is 3.52. The molecule has 22 heavy (non-hydrogen) atoms. The van der Waals surface area contributed by atoms with Crippen molar-refractivity contribution in [1.29, 1.82) is 0 Å². The van der Waals surface area contributed by atoms with Crippen molar-refractivity contribution in [1.82, 2.24) is 4.98 Å². The maximum Gasteiger partial charge on any atom is 0.248 e. The molecule has 2 aromatic carbocycles. The zero-order valence-corrected chi connectivity index (χ0v) is 11.9. The lowest BCUT2D eigenvalue weighted by atomic mass is 10.1. The molecule has 0 saturated heterocycles. The Morgan fingerprint density at radius 2 is 1.86 bits per heavy atom. The van der Waals surface area contributed by atoms with E-state index in [0.717, 1.165) is 22.6 Å². The van der Waals surface area contributed by atoms with Crippen LogP contribution in [0.3, 0.4) is 0 Å². The quantitative estimate of drug-likeness (QED) is 0.776. The van der Waals surface area contributed by atoms with Gasteiger partial charge in [0.15, 0.2) is 0 Å². The lowest BCUT2D eigenvalue weighted by Crippen LogP contribution is -2.10. The molecule has 0 aliphatic heterocycles. The normalized spacial score (nSPS) is 10.6. The number of carbonyl (C=O) groups excluding carboxylic acids is 1. The van der Waals surface area contributed by atoms with E-state index in [1.165, 1.54) is 12.1 Å². The monoisotopic (exact) mass is 295 g/mol. The average molecular weight is 295 g/mol. The first-order valence-corrected chi connectivity index (χ1v) is 6.77.